The van der Waals surface area contributed by atoms with E-state index in [1.54, 1.807) is 26.2 Å². The topological polar surface area (TPSA) is 85.3 Å². The number of aryl methyl sites for hydroxylation is 1. The van der Waals surface area contributed by atoms with Crippen molar-refractivity contribution in [1.82, 2.24) is 19.6 Å². The standard InChI is InChI=1S/C25H28F4N4O3S/c1-30-13-18-10-17-11-22(26)23(36-7-6-32-37(34,35)24-14-33(2)15-31-24)12-21(17)20(18)9-16-4-3-5-19(8-16)25(27,28)29/h3-5,8,11-12,14-15,18,20,30,32H,6-7,9-10,13H2,1-2H3. The summed E-state index contributed by atoms with van der Waals surface area (Å²) in [5.74, 6) is -0.685. The molecule has 7 nitrogen and oxygen atoms in total. The van der Waals surface area contributed by atoms with Gasteiger partial charge in [0.1, 0.15) is 6.61 Å². The van der Waals surface area contributed by atoms with E-state index in [9.17, 15) is 26.0 Å². The summed E-state index contributed by atoms with van der Waals surface area (Å²) in [6.07, 6.45) is -0.771. The predicted molar refractivity (Wildman–Crippen MR) is 129 cm³/mol. The minimum Gasteiger partial charge on any atom is -0.489 e. The van der Waals surface area contributed by atoms with E-state index in [0.717, 1.165) is 23.3 Å². The first-order chi connectivity index (χ1) is 17.5. The second kappa shape index (κ2) is 10.8. The number of hydrogen-bond donors (Lipinski definition) is 2. The summed E-state index contributed by atoms with van der Waals surface area (Å²) in [5, 5.41) is 2.99. The molecule has 12 heteroatoms. The van der Waals surface area contributed by atoms with Crippen molar-refractivity contribution >= 4 is 10.0 Å². The highest BCUT2D eigenvalue weighted by molar-refractivity contribution is 7.89. The van der Waals surface area contributed by atoms with Gasteiger partial charge in [-0.15, -0.1) is 0 Å². The fraction of sp³-hybridized carbons (Fsp3) is 0.400. The molecule has 2 N–H and O–H groups in total. The summed E-state index contributed by atoms with van der Waals surface area (Å²) in [5.41, 5.74) is 1.45. The van der Waals surface area contributed by atoms with Crippen LogP contribution < -0.4 is 14.8 Å². The molecule has 0 saturated carbocycles. The van der Waals surface area contributed by atoms with Gasteiger partial charge in [-0.2, -0.15) is 13.2 Å². The Bertz CT molecular complexity index is 1360. The van der Waals surface area contributed by atoms with Gasteiger partial charge in [-0.1, -0.05) is 18.2 Å². The molecule has 4 rings (SSSR count). The van der Waals surface area contributed by atoms with Gasteiger partial charge < -0.3 is 14.6 Å². The van der Waals surface area contributed by atoms with Crippen LogP contribution >= 0.6 is 0 Å². The number of nitrogens with one attached hydrogen (secondary N) is 2. The van der Waals surface area contributed by atoms with E-state index in [0.29, 0.717) is 24.9 Å². The van der Waals surface area contributed by atoms with Gasteiger partial charge in [-0.25, -0.2) is 22.5 Å². The molecule has 1 heterocycles. The van der Waals surface area contributed by atoms with E-state index in [1.165, 1.54) is 29.2 Å². The molecule has 0 bridgehead atoms. The van der Waals surface area contributed by atoms with Gasteiger partial charge >= 0.3 is 6.18 Å². The minimum absolute atomic E-state index is 0.0325. The zero-order valence-corrected chi connectivity index (χ0v) is 21.2. The van der Waals surface area contributed by atoms with E-state index in [1.807, 2.05) is 0 Å². The maximum absolute atomic E-state index is 14.8. The fourth-order valence-electron chi connectivity index (χ4n) is 4.74. The molecule has 1 aliphatic carbocycles. The lowest BCUT2D eigenvalue weighted by Gasteiger charge is -2.21. The van der Waals surface area contributed by atoms with E-state index in [-0.39, 0.29) is 35.8 Å². The molecule has 200 valence electrons. The highest BCUT2D eigenvalue weighted by Crippen LogP contribution is 2.43. The van der Waals surface area contributed by atoms with Gasteiger partial charge in [0.15, 0.2) is 16.6 Å². The summed E-state index contributed by atoms with van der Waals surface area (Å²) in [7, 11) is -0.384. The fourth-order valence-corrected chi connectivity index (χ4v) is 5.73. The van der Waals surface area contributed by atoms with Crippen LogP contribution in [0.1, 0.15) is 28.2 Å². The molecule has 1 aliphatic rings. The lowest BCUT2D eigenvalue weighted by Crippen LogP contribution is -2.28. The number of ether oxygens (including phenoxy) is 1. The SMILES string of the molecule is CNCC1Cc2cc(F)c(OCCNS(=O)(=O)c3cn(C)cn3)cc2C1Cc1cccc(C(F)(F)F)c1. The van der Waals surface area contributed by atoms with Crippen LogP contribution in [0.4, 0.5) is 17.6 Å². The maximum atomic E-state index is 14.8. The molecule has 0 amide bonds. The molecule has 1 aromatic heterocycles. The van der Waals surface area contributed by atoms with Crippen molar-refractivity contribution in [3.63, 3.8) is 0 Å². The minimum atomic E-state index is -4.43. The monoisotopic (exact) mass is 540 g/mol. The Labute approximate surface area is 212 Å². The van der Waals surface area contributed by atoms with Crippen LogP contribution in [0.25, 0.3) is 0 Å². The smallest absolute Gasteiger partial charge is 0.416 e. The molecule has 0 aliphatic heterocycles. The normalized spacial score (nSPS) is 17.7. The van der Waals surface area contributed by atoms with Crippen LogP contribution in [0.2, 0.25) is 0 Å². The first-order valence-electron chi connectivity index (χ1n) is 11.7. The molecule has 2 atom stereocenters. The second-order valence-corrected chi connectivity index (χ2v) is 10.8. The zero-order valence-electron chi connectivity index (χ0n) is 20.3. The maximum Gasteiger partial charge on any atom is 0.416 e. The first kappa shape index (κ1) is 27.1. The molecular formula is C25H28F4N4O3S. The summed E-state index contributed by atoms with van der Waals surface area (Å²) in [6, 6.07) is 8.25. The number of nitrogens with zero attached hydrogens (tertiary/aromatic N) is 2. The van der Waals surface area contributed by atoms with Gasteiger partial charge in [0, 0.05) is 19.8 Å². The molecular weight excluding hydrogens is 512 g/mol. The average Bonchev–Trinajstić information content (AvgIpc) is 3.41. The first-order valence-corrected chi connectivity index (χ1v) is 13.2. The van der Waals surface area contributed by atoms with E-state index >= 15 is 0 Å². The van der Waals surface area contributed by atoms with Crippen molar-refractivity contribution in [2.75, 3.05) is 26.7 Å². The molecule has 37 heavy (non-hydrogen) atoms. The van der Waals surface area contributed by atoms with Gasteiger partial charge in [-0.3, -0.25) is 0 Å². The van der Waals surface area contributed by atoms with Crippen molar-refractivity contribution in [3.8, 4) is 5.75 Å². The molecule has 0 spiro atoms. The Morgan fingerprint density at radius 1 is 1.22 bits per heavy atom. The van der Waals surface area contributed by atoms with E-state index in [4.69, 9.17) is 4.74 Å². The van der Waals surface area contributed by atoms with Crippen LogP contribution in [0.3, 0.4) is 0 Å². The Morgan fingerprint density at radius 3 is 2.68 bits per heavy atom. The van der Waals surface area contributed by atoms with Crippen molar-refractivity contribution < 1.29 is 30.7 Å². The molecule has 3 aromatic rings. The number of halogens is 4. The number of imidazole rings is 1. The molecule has 0 saturated heterocycles. The number of hydrogen-bond acceptors (Lipinski definition) is 5. The number of aromatic nitrogens is 2. The third-order valence-electron chi connectivity index (χ3n) is 6.43. The van der Waals surface area contributed by atoms with Gasteiger partial charge in [0.2, 0.25) is 0 Å². The quantitative estimate of drug-likeness (QED) is 0.303. The largest absolute Gasteiger partial charge is 0.489 e. The molecule has 2 aromatic carbocycles. The summed E-state index contributed by atoms with van der Waals surface area (Å²) in [4.78, 5) is 3.81. The van der Waals surface area contributed by atoms with Gasteiger partial charge in [-0.05, 0) is 73.2 Å². The predicted octanol–water partition coefficient (Wildman–Crippen LogP) is 3.65. The van der Waals surface area contributed by atoms with E-state index in [2.05, 4.69) is 15.0 Å². The van der Waals surface area contributed by atoms with Crippen molar-refractivity contribution in [1.29, 1.82) is 0 Å². The molecule has 2 unspecified atom stereocenters. The second-order valence-electron chi connectivity index (χ2n) is 9.14. The van der Waals surface area contributed by atoms with Gasteiger partial charge in [0.05, 0.1) is 11.9 Å². The number of fused-ring (bicyclic) bond motifs is 1. The summed E-state index contributed by atoms with van der Waals surface area (Å²) in [6.45, 7) is 0.386. The number of sulfonamides is 1. The third kappa shape index (κ3) is 6.31. The Morgan fingerprint density at radius 2 is 2.00 bits per heavy atom. The average molecular weight is 541 g/mol. The lowest BCUT2D eigenvalue weighted by atomic mass is 9.86. The molecule has 0 radical (unpaired) electrons. The zero-order chi connectivity index (χ0) is 26.8. The van der Waals surface area contributed by atoms with Crippen LogP contribution in [0, 0.1) is 11.7 Å². The highest BCUT2D eigenvalue weighted by atomic mass is 32.2. The number of alkyl halides is 3. The molecule has 0 fully saturated rings. The van der Waals surface area contributed by atoms with Crippen molar-refractivity contribution in [2.45, 2.75) is 30.0 Å². The summed E-state index contributed by atoms with van der Waals surface area (Å²) < 4.78 is 88.5. The third-order valence-corrected chi connectivity index (χ3v) is 7.77. The van der Waals surface area contributed by atoms with Crippen LogP contribution in [0.15, 0.2) is 53.9 Å². The Kier molecular flexibility index (Phi) is 7.91. The van der Waals surface area contributed by atoms with Crippen LogP contribution in [-0.4, -0.2) is 44.7 Å². The van der Waals surface area contributed by atoms with Gasteiger partial charge in [0.25, 0.3) is 10.0 Å². The summed E-state index contributed by atoms with van der Waals surface area (Å²) >= 11 is 0. The van der Waals surface area contributed by atoms with Crippen molar-refractivity contribution in [2.24, 2.45) is 13.0 Å². The lowest BCUT2D eigenvalue weighted by molar-refractivity contribution is -0.137. The Balaban J connectivity index is 1.49. The Hall–Kier alpha value is -2.96. The number of benzene rings is 2. The van der Waals surface area contributed by atoms with E-state index < -0.39 is 27.6 Å². The highest BCUT2D eigenvalue weighted by Gasteiger charge is 2.35. The van der Waals surface area contributed by atoms with Crippen LogP contribution in [-0.2, 0) is 36.1 Å². The van der Waals surface area contributed by atoms with Crippen LogP contribution in [0.5, 0.6) is 5.75 Å². The van der Waals surface area contributed by atoms with Crippen molar-refractivity contribution in [3.05, 3.63) is 77.0 Å². The number of rotatable bonds is 10.